The molecular weight excluding hydrogens is 396 g/mol. The summed E-state index contributed by atoms with van der Waals surface area (Å²) in [5, 5.41) is 2.43. The van der Waals surface area contributed by atoms with Crippen LogP contribution < -0.4 is 16.0 Å². The molecule has 160 valence electrons. The molecule has 1 atom stereocenters. The van der Waals surface area contributed by atoms with Gasteiger partial charge in [0.25, 0.3) is 5.91 Å². The standard InChI is InChI=1S/C18H22F4N4O3/c19-13-7-11(1-4-14(13)25-5-6-29-9-16(25)27)24-17(28)15(8-23)26(12-2-3-12)10-18(20,21)22/h1,4,7,12,15H,2-3,5-6,8-10,23H2,(H,24,28)/t15-/m1/s1. The van der Waals surface area contributed by atoms with E-state index in [1.807, 2.05) is 0 Å². The Kier molecular flexibility index (Phi) is 6.39. The SMILES string of the molecule is NC[C@H](C(=O)Nc1ccc(N2CCOCC2=O)c(F)c1)N(CC(F)(F)F)C1CC1. The number of hydrogen-bond donors (Lipinski definition) is 2. The molecule has 2 aliphatic rings. The maximum absolute atomic E-state index is 14.5. The molecule has 1 aromatic rings. The predicted octanol–water partition coefficient (Wildman–Crippen LogP) is 1.48. The van der Waals surface area contributed by atoms with Gasteiger partial charge in [-0.2, -0.15) is 13.2 Å². The molecule has 1 aliphatic heterocycles. The predicted molar refractivity (Wildman–Crippen MR) is 96.8 cm³/mol. The Morgan fingerprint density at radius 3 is 2.66 bits per heavy atom. The molecule has 2 amide bonds. The number of hydrogen-bond acceptors (Lipinski definition) is 5. The van der Waals surface area contributed by atoms with Gasteiger partial charge in [-0.3, -0.25) is 14.5 Å². The summed E-state index contributed by atoms with van der Waals surface area (Å²) >= 11 is 0. The molecule has 3 rings (SSSR count). The van der Waals surface area contributed by atoms with E-state index in [1.54, 1.807) is 0 Å². The second-order valence-corrected chi connectivity index (χ2v) is 7.02. The average molecular weight is 418 g/mol. The van der Waals surface area contributed by atoms with Crippen LogP contribution in [0.5, 0.6) is 0 Å². The molecule has 2 fully saturated rings. The number of carbonyl (C=O) groups is 2. The first-order valence-electron chi connectivity index (χ1n) is 9.20. The molecule has 1 aliphatic carbocycles. The molecule has 0 bridgehead atoms. The van der Waals surface area contributed by atoms with Crippen molar-refractivity contribution in [3.05, 3.63) is 24.0 Å². The molecule has 0 aromatic heterocycles. The maximum atomic E-state index is 14.5. The summed E-state index contributed by atoms with van der Waals surface area (Å²) < 4.78 is 58.1. The number of anilines is 2. The first-order valence-corrected chi connectivity index (χ1v) is 9.20. The third kappa shape index (κ3) is 5.43. The monoisotopic (exact) mass is 418 g/mol. The van der Waals surface area contributed by atoms with Crippen LogP contribution in [0.3, 0.4) is 0 Å². The van der Waals surface area contributed by atoms with Gasteiger partial charge in [0, 0.05) is 24.8 Å². The number of benzene rings is 1. The molecule has 1 saturated heterocycles. The van der Waals surface area contributed by atoms with Gasteiger partial charge in [-0.05, 0) is 31.0 Å². The van der Waals surface area contributed by atoms with Gasteiger partial charge in [0.2, 0.25) is 5.91 Å². The van der Waals surface area contributed by atoms with Crippen molar-refractivity contribution < 1.29 is 31.9 Å². The molecular formula is C18H22F4N4O3. The van der Waals surface area contributed by atoms with Gasteiger partial charge in [0.05, 0.1) is 18.8 Å². The lowest BCUT2D eigenvalue weighted by molar-refractivity contribution is -0.154. The largest absolute Gasteiger partial charge is 0.401 e. The highest BCUT2D eigenvalue weighted by molar-refractivity contribution is 5.97. The summed E-state index contributed by atoms with van der Waals surface area (Å²) in [6, 6.07) is 2.21. The quantitative estimate of drug-likeness (QED) is 0.655. The van der Waals surface area contributed by atoms with Gasteiger partial charge < -0.3 is 20.7 Å². The molecule has 3 N–H and O–H groups in total. The number of amides is 2. The number of morpholine rings is 1. The Labute approximate surface area is 164 Å². The second kappa shape index (κ2) is 8.64. The Balaban J connectivity index is 1.71. The molecule has 1 aromatic carbocycles. The van der Waals surface area contributed by atoms with E-state index in [0.29, 0.717) is 12.8 Å². The fraction of sp³-hybridized carbons (Fsp3) is 0.556. The Morgan fingerprint density at radius 1 is 1.38 bits per heavy atom. The van der Waals surface area contributed by atoms with Crippen LogP contribution in [0.25, 0.3) is 0 Å². The first kappa shape index (κ1) is 21.5. The van der Waals surface area contributed by atoms with E-state index in [-0.39, 0.29) is 49.6 Å². The van der Waals surface area contributed by atoms with Crippen molar-refractivity contribution in [1.82, 2.24) is 4.90 Å². The summed E-state index contributed by atoms with van der Waals surface area (Å²) in [5.41, 5.74) is 5.69. The highest BCUT2D eigenvalue weighted by atomic mass is 19.4. The van der Waals surface area contributed by atoms with Crippen LogP contribution in [0.1, 0.15) is 12.8 Å². The number of nitrogens with zero attached hydrogens (tertiary/aromatic N) is 2. The van der Waals surface area contributed by atoms with Crippen LogP contribution in [-0.2, 0) is 14.3 Å². The number of ether oxygens (including phenoxy) is 1. The lowest BCUT2D eigenvalue weighted by atomic mass is 10.2. The van der Waals surface area contributed by atoms with Crippen molar-refractivity contribution in [3.8, 4) is 0 Å². The van der Waals surface area contributed by atoms with Gasteiger partial charge in [0.1, 0.15) is 18.5 Å². The molecule has 7 nitrogen and oxygen atoms in total. The molecule has 1 saturated carbocycles. The molecule has 1 heterocycles. The Hall–Kier alpha value is -2.24. The normalized spacial score (nSPS) is 18.8. The van der Waals surface area contributed by atoms with Gasteiger partial charge in [0.15, 0.2) is 0 Å². The van der Waals surface area contributed by atoms with Crippen LogP contribution in [0.15, 0.2) is 18.2 Å². The van der Waals surface area contributed by atoms with Crippen molar-refractivity contribution in [2.45, 2.75) is 31.1 Å². The van der Waals surface area contributed by atoms with Crippen molar-refractivity contribution >= 4 is 23.2 Å². The zero-order valence-corrected chi connectivity index (χ0v) is 15.5. The number of nitrogens with two attached hydrogens (primary N) is 1. The van der Waals surface area contributed by atoms with Gasteiger partial charge in [-0.1, -0.05) is 0 Å². The topological polar surface area (TPSA) is 87.9 Å². The molecule has 0 spiro atoms. The van der Waals surface area contributed by atoms with E-state index in [1.165, 1.54) is 17.0 Å². The van der Waals surface area contributed by atoms with Gasteiger partial charge in [-0.25, -0.2) is 4.39 Å². The van der Waals surface area contributed by atoms with Crippen molar-refractivity contribution in [2.75, 3.05) is 43.1 Å². The second-order valence-electron chi connectivity index (χ2n) is 7.02. The number of nitrogens with one attached hydrogen (secondary N) is 1. The van der Waals surface area contributed by atoms with Crippen molar-refractivity contribution in [3.63, 3.8) is 0 Å². The number of rotatable bonds is 7. The van der Waals surface area contributed by atoms with Crippen LogP contribution in [0, 0.1) is 5.82 Å². The van der Waals surface area contributed by atoms with Crippen LogP contribution in [-0.4, -0.2) is 67.8 Å². The summed E-state index contributed by atoms with van der Waals surface area (Å²) in [4.78, 5) is 26.7. The van der Waals surface area contributed by atoms with E-state index in [9.17, 15) is 27.2 Å². The van der Waals surface area contributed by atoms with Gasteiger partial charge in [-0.15, -0.1) is 0 Å². The highest BCUT2D eigenvalue weighted by Gasteiger charge is 2.43. The number of alkyl halides is 3. The minimum atomic E-state index is -4.46. The van der Waals surface area contributed by atoms with Crippen LogP contribution >= 0.6 is 0 Å². The van der Waals surface area contributed by atoms with E-state index >= 15 is 0 Å². The van der Waals surface area contributed by atoms with Crippen molar-refractivity contribution in [2.24, 2.45) is 5.73 Å². The van der Waals surface area contributed by atoms with E-state index in [4.69, 9.17) is 10.5 Å². The maximum Gasteiger partial charge on any atom is 0.401 e. The first-order chi connectivity index (χ1) is 13.7. The van der Waals surface area contributed by atoms with E-state index < -0.39 is 30.5 Å². The summed E-state index contributed by atoms with van der Waals surface area (Å²) in [6.45, 7) is -1.21. The molecule has 29 heavy (non-hydrogen) atoms. The Morgan fingerprint density at radius 2 is 2.10 bits per heavy atom. The zero-order valence-electron chi connectivity index (χ0n) is 15.5. The number of carbonyl (C=O) groups excluding carboxylic acids is 2. The number of halogens is 4. The third-order valence-electron chi connectivity index (χ3n) is 4.80. The van der Waals surface area contributed by atoms with E-state index in [0.717, 1.165) is 11.0 Å². The van der Waals surface area contributed by atoms with Crippen LogP contribution in [0.2, 0.25) is 0 Å². The smallest absolute Gasteiger partial charge is 0.370 e. The summed E-state index contributed by atoms with van der Waals surface area (Å²) in [5.74, 6) is -1.86. The molecule has 11 heteroatoms. The average Bonchev–Trinajstić information content (AvgIpc) is 3.46. The fourth-order valence-electron chi connectivity index (χ4n) is 3.30. The molecule has 0 unspecified atom stereocenters. The highest BCUT2D eigenvalue weighted by Crippen LogP contribution is 2.32. The van der Waals surface area contributed by atoms with Gasteiger partial charge >= 0.3 is 6.18 Å². The van der Waals surface area contributed by atoms with Crippen molar-refractivity contribution in [1.29, 1.82) is 0 Å². The summed E-state index contributed by atoms with van der Waals surface area (Å²) in [6.07, 6.45) is -3.33. The minimum absolute atomic E-state index is 0.0448. The molecule has 0 radical (unpaired) electrons. The minimum Gasteiger partial charge on any atom is -0.370 e. The third-order valence-corrected chi connectivity index (χ3v) is 4.80. The zero-order chi connectivity index (χ0) is 21.2. The fourth-order valence-corrected chi connectivity index (χ4v) is 3.30. The lowest BCUT2D eigenvalue weighted by Crippen LogP contribution is -2.52. The lowest BCUT2D eigenvalue weighted by Gasteiger charge is -2.30. The van der Waals surface area contributed by atoms with E-state index in [2.05, 4.69) is 5.32 Å². The Bertz CT molecular complexity index is 770. The van der Waals surface area contributed by atoms with Crippen LogP contribution in [0.4, 0.5) is 28.9 Å². The summed E-state index contributed by atoms with van der Waals surface area (Å²) in [7, 11) is 0.